The smallest absolute Gasteiger partial charge is 0.407 e. The molecule has 1 aromatic rings. The number of ether oxygens (including phenoxy) is 1. The molecule has 0 atom stereocenters. The molecule has 0 fully saturated rings. The summed E-state index contributed by atoms with van der Waals surface area (Å²) in [5, 5.41) is 2.64. The minimum atomic E-state index is -0.510. The summed E-state index contributed by atoms with van der Waals surface area (Å²) in [6.45, 7) is 6.38. The van der Waals surface area contributed by atoms with Gasteiger partial charge >= 0.3 is 6.09 Å². The molecule has 122 valence electrons. The molecule has 0 spiro atoms. The van der Waals surface area contributed by atoms with Gasteiger partial charge < -0.3 is 15.0 Å². The van der Waals surface area contributed by atoms with Gasteiger partial charge in [0, 0.05) is 39.0 Å². The molecule has 0 saturated heterocycles. The normalized spacial score (nSPS) is 10.9. The molecule has 6 heteroatoms. The third kappa shape index (κ3) is 7.61. The van der Waals surface area contributed by atoms with Crippen LogP contribution < -0.4 is 5.32 Å². The van der Waals surface area contributed by atoms with E-state index in [2.05, 4.69) is 10.3 Å². The van der Waals surface area contributed by atoms with E-state index < -0.39 is 11.7 Å². The average Bonchev–Trinajstić information content (AvgIpc) is 2.42. The van der Waals surface area contributed by atoms with Crippen molar-refractivity contribution in [2.24, 2.45) is 0 Å². The van der Waals surface area contributed by atoms with Gasteiger partial charge in [-0.2, -0.15) is 0 Å². The standard InChI is InChI=1S/C16H25N3O3/c1-16(2,3)22-15(21)18-10-6-8-14(20)19(4)12-13-7-5-9-17-11-13/h5,7,9,11H,6,8,10,12H2,1-4H3,(H,18,21). The van der Waals surface area contributed by atoms with E-state index in [0.717, 1.165) is 5.56 Å². The van der Waals surface area contributed by atoms with Gasteiger partial charge in [-0.1, -0.05) is 6.07 Å². The Labute approximate surface area is 131 Å². The highest BCUT2D eigenvalue weighted by Gasteiger charge is 2.15. The Balaban J connectivity index is 2.21. The molecule has 2 amide bonds. The first-order valence-corrected chi connectivity index (χ1v) is 7.37. The maximum atomic E-state index is 12.0. The zero-order chi connectivity index (χ0) is 16.6. The van der Waals surface area contributed by atoms with Crippen molar-refractivity contribution in [1.82, 2.24) is 15.2 Å². The fourth-order valence-electron chi connectivity index (χ4n) is 1.79. The molecule has 22 heavy (non-hydrogen) atoms. The van der Waals surface area contributed by atoms with Crippen molar-refractivity contribution >= 4 is 12.0 Å². The first-order chi connectivity index (χ1) is 10.3. The van der Waals surface area contributed by atoms with Crippen LogP contribution in [0.15, 0.2) is 24.5 Å². The Morgan fingerprint density at radius 1 is 1.36 bits per heavy atom. The van der Waals surface area contributed by atoms with Gasteiger partial charge in [-0.15, -0.1) is 0 Å². The van der Waals surface area contributed by atoms with Crippen molar-refractivity contribution < 1.29 is 14.3 Å². The fraction of sp³-hybridized carbons (Fsp3) is 0.562. The second-order valence-corrected chi connectivity index (χ2v) is 6.14. The largest absolute Gasteiger partial charge is 0.444 e. The molecule has 1 aromatic heterocycles. The third-order valence-electron chi connectivity index (χ3n) is 2.80. The molecule has 0 saturated carbocycles. The second-order valence-electron chi connectivity index (χ2n) is 6.14. The first-order valence-electron chi connectivity index (χ1n) is 7.37. The van der Waals surface area contributed by atoms with Crippen LogP contribution in [0.4, 0.5) is 4.79 Å². The summed E-state index contributed by atoms with van der Waals surface area (Å²) < 4.78 is 5.12. The van der Waals surface area contributed by atoms with Crippen molar-refractivity contribution in [3.8, 4) is 0 Å². The Morgan fingerprint density at radius 3 is 2.68 bits per heavy atom. The highest BCUT2D eigenvalue weighted by molar-refractivity contribution is 5.76. The SMILES string of the molecule is CN(Cc1cccnc1)C(=O)CCCNC(=O)OC(C)(C)C. The summed E-state index contributed by atoms with van der Waals surface area (Å²) in [6, 6.07) is 3.78. The van der Waals surface area contributed by atoms with Crippen LogP contribution in [0.2, 0.25) is 0 Å². The number of nitrogens with zero attached hydrogens (tertiary/aromatic N) is 2. The van der Waals surface area contributed by atoms with Gasteiger partial charge in [0.25, 0.3) is 0 Å². The number of aromatic nitrogens is 1. The lowest BCUT2D eigenvalue weighted by atomic mass is 10.2. The summed E-state index contributed by atoms with van der Waals surface area (Å²) in [7, 11) is 1.76. The summed E-state index contributed by atoms with van der Waals surface area (Å²) in [5.74, 6) is 0.0369. The van der Waals surface area contributed by atoms with E-state index in [4.69, 9.17) is 4.74 Å². The molecular weight excluding hydrogens is 282 g/mol. The summed E-state index contributed by atoms with van der Waals surface area (Å²) >= 11 is 0. The van der Waals surface area contributed by atoms with E-state index in [0.29, 0.717) is 25.9 Å². The summed E-state index contributed by atoms with van der Waals surface area (Å²) in [4.78, 5) is 29.1. The molecule has 0 aliphatic rings. The molecule has 0 unspecified atom stereocenters. The molecule has 1 rings (SSSR count). The predicted octanol–water partition coefficient (Wildman–Crippen LogP) is 2.34. The fourth-order valence-corrected chi connectivity index (χ4v) is 1.79. The van der Waals surface area contributed by atoms with Crippen LogP contribution in [0.5, 0.6) is 0 Å². The number of nitrogens with one attached hydrogen (secondary N) is 1. The van der Waals surface area contributed by atoms with Crippen molar-refractivity contribution in [2.45, 2.75) is 45.8 Å². The zero-order valence-corrected chi connectivity index (χ0v) is 13.8. The molecular formula is C16H25N3O3. The molecule has 0 aliphatic heterocycles. The van der Waals surface area contributed by atoms with Crippen LogP contribution in [0.1, 0.15) is 39.2 Å². The molecule has 0 aromatic carbocycles. The Kier molecular flexibility index (Phi) is 6.82. The predicted molar refractivity (Wildman–Crippen MR) is 84.2 cm³/mol. The van der Waals surface area contributed by atoms with E-state index in [1.807, 2.05) is 32.9 Å². The Morgan fingerprint density at radius 2 is 2.09 bits per heavy atom. The van der Waals surface area contributed by atoms with E-state index in [-0.39, 0.29) is 5.91 Å². The number of carbonyl (C=O) groups excluding carboxylic acids is 2. The molecule has 0 bridgehead atoms. The van der Waals surface area contributed by atoms with Crippen LogP contribution in [0.3, 0.4) is 0 Å². The van der Waals surface area contributed by atoms with Crippen LogP contribution in [0.25, 0.3) is 0 Å². The first kappa shape index (κ1) is 17.9. The maximum Gasteiger partial charge on any atom is 0.407 e. The average molecular weight is 307 g/mol. The topological polar surface area (TPSA) is 71.5 Å². The summed E-state index contributed by atoms with van der Waals surface area (Å²) in [6.07, 6.45) is 3.95. The minimum Gasteiger partial charge on any atom is -0.444 e. The number of rotatable bonds is 6. The number of hydrogen-bond acceptors (Lipinski definition) is 4. The Hall–Kier alpha value is -2.11. The van der Waals surface area contributed by atoms with Crippen molar-refractivity contribution in [1.29, 1.82) is 0 Å². The lowest BCUT2D eigenvalue weighted by molar-refractivity contribution is -0.130. The van der Waals surface area contributed by atoms with Crippen molar-refractivity contribution in [3.63, 3.8) is 0 Å². The van der Waals surface area contributed by atoms with E-state index in [9.17, 15) is 9.59 Å². The lowest BCUT2D eigenvalue weighted by Gasteiger charge is -2.20. The zero-order valence-electron chi connectivity index (χ0n) is 13.8. The highest BCUT2D eigenvalue weighted by atomic mass is 16.6. The van der Waals surface area contributed by atoms with Gasteiger partial charge in [0.05, 0.1) is 0 Å². The third-order valence-corrected chi connectivity index (χ3v) is 2.80. The van der Waals surface area contributed by atoms with Gasteiger partial charge in [-0.05, 0) is 38.8 Å². The van der Waals surface area contributed by atoms with Crippen LogP contribution in [0, 0.1) is 0 Å². The number of pyridine rings is 1. The van der Waals surface area contributed by atoms with Crippen LogP contribution in [-0.2, 0) is 16.1 Å². The number of carbonyl (C=O) groups is 2. The lowest BCUT2D eigenvalue weighted by Crippen LogP contribution is -2.33. The molecule has 0 radical (unpaired) electrons. The second kappa shape index (κ2) is 8.36. The quantitative estimate of drug-likeness (QED) is 0.819. The van der Waals surface area contributed by atoms with E-state index in [1.54, 1.807) is 24.3 Å². The number of alkyl carbamates (subject to hydrolysis) is 1. The van der Waals surface area contributed by atoms with Gasteiger partial charge in [-0.25, -0.2) is 4.79 Å². The van der Waals surface area contributed by atoms with Gasteiger partial charge in [0.15, 0.2) is 0 Å². The van der Waals surface area contributed by atoms with Gasteiger partial charge in [-0.3, -0.25) is 9.78 Å². The van der Waals surface area contributed by atoms with Crippen molar-refractivity contribution in [2.75, 3.05) is 13.6 Å². The van der Waals surface area contributed by atoms with E-state index >= 15 is 0 Å². The van der Waals surface area contributed by atoms with E-state index in [1.165, 1.54) is 0 Å². The minimum absolute atomic E-state index is 0.0369. The van der Waals surface area contributed by atoms with Crippen LogP contribution >= 0.6 is 0 Å². The molecule has 6 nitrogen and oxygen atoms in total. The van der Waals surface area contributed by atoms with Crippen LogP contribution in [-0.4, -0.2) is 41.1 Å². The van der Waals surface area contributed by atoms with Gasteiger partial charge in [0.1, 0.15) is 5.60 Å². The van der Waals surface area contributed by atoms with Crippen molar-refractivity contribution in [3.05, 3.63) is 30.1 Å². The summed E-state index contributed by atoms with van der Waals surface area (Å²) in [5.41, 5.74) is 0.481. The molecule has 1 N–H and O–H groups in total. The maximum absolute atomic E-state index is 12.0. The molecule has 1 heterocycles. The number of hydrogen-bond donors (Lipinski definition) is 1. The Bertz CT molecular complexity index is 483. The molecule has 0 aliphatic carbocycles. The monoisotopic (exact) mass is 307 g/mol. The number of amides is 2. The van der Waals surface area contributed by atoms with Gasteiger partial charge in [0.2, 0.25) is 5.91 Å². The highest BCUT2D eigenvalue weighted by Crippen LogP contribution is 2.07.